The third-order valence-corrected chi connectivity index (χ3v) is 3.10. The number of hydrogen-bond donors (Lipinski definition) is 2. The van der Waals surface area contributed by atoms with Gasteiger partial charge < -0.3 is 10.5 Å². The van der Waals surface area contributed by atoms with Gasteiger partial charge in [0.25, 0.3) is 0 Å². The van der Waals surface area contributed by atoms with Crippen molar-refractivity contribution in [2.24, 2.45) is 0 Å². The van der Waals surface area contributed by atoms with E-state index in [0.717, 1.165) is 18.2 Å². The highest BCUT2D eigenvalue weighted by atomic mass is 32.2. The first-order valence-corrected chi connectivity index (χ1v) is 6.93. The number of rotatable bonds is 6. The minimum Gasteiger partial charge on any atom is -0.464 e. The van der Waals surface area contributed by atoms with Gasteiger partial charge in [-0.25, -0.2) is 9.89 Å². The molecule has 20 heavy (non-hydrogen) atoms. The third kappa shape index (κ3) is 3.26. The Kier molecular flexibility index (Phi) is 4.56. The van der Waals surface area contributed by atoms with Gasteiger partial charge in [0.15, 0.2) is 5.16 Å². The van der Waals surface area contributed by atoms with Crippen molar-refractivity contribution in [3.05, 3.63) is 10.5 Å². The summed E-state index contributed by atoms with van der Waals surface area (Å²) in [7, 11) is 0. The van der Waals surface area contributed by atoms with Crippen molar-refractivity contribution in [2.45, 2.75) is 37.1 Å². The van der Waals surface area contributed by atoms with Gasteiger partial charge in [-0.1, -0.05) is 6.92 Å². The van der Waals surface area contributed by atoms with Crippen LogP contribution in [0.25, 0.3) is 0 Å². The molecule has 0 aliphatic rings. The van der Waals surface area contributed by atoms with Crippen LogP contribution in [0.3, 0.4) is 0 Å². The second-order valence-corrected chi connectivity index (χ2v) is 4.69. The molecule has 2 aromatic rings. The Balaban J connectivity index is 2.27. The first-order chi connectivity index (χ1) is 9.63. The number of aromatic amines is 1. The Hall–Kier alpha value is -2.10. The summed E-state index contributed by atoms with van der Waals surface area (Å²) < 4.78 is 6.71. The zero-order valence-electron chi connectivity index (χ0n) is 11.2. The second-order valence-electron chi connectivity index (χ2n) is 3.76. The molecule has 0 radical (unpaired) electrons. The van der Waals surface area contributed by atoms with Gasteiger partial charge in [0.05, 0.1) is 6.61 Å². The number of hydrogen-bond acceptors (Lipinski definition) is 8. The second kappa shape index (κ2) is 6.37. The van der Waals surface area contributed by atoms with E-state index in [-0.39, 0.29) is 17.6 Å². The number of nitrogens with two attached hydrogens (primary N) is 1. The lowest BCUT2D eigenvalue weighted by Crippen LogP contribution is -2.17. The fourth-order valence-electron chi connectivity index (χ4n) is 1.48. The van der Waals surface area contributed by atoms with Crippen molar-refractivity contribution in [3.8, 4) is 6.01 Å². The average Bonchev–Trinajstić information content (AvgIpc) is 2.72. The average molecular weight is 297 g/mol. The van der Waals surface area contributed by atoms with Crippen molar-refractivity contribution in [1.82, 2.24) is 29.7 Å². The molecule has 10 heteroatoms. The SMILES string of the molecule is CCCn1c(Sc2nc(N)nc(OCC)n2)n[nH]c1=O. The lowest BCUT2D eigenvalue weighted by molar-refractivity contribution is 0.308. The zero-order valence-corrected chi connectivity index (χ0v) is 12.0. The number of ether oxygens (including phenoxy) is 1. The maximum absolute atomic E-state index is 11.6. The van der Waals surface area contributed by atoms with E-state index < -0.39 is 0 Å². The van der Waals surface area contributed by atoms with E-state index in [0.29, 0.717) is 23.5 Å². The van der Waals surface area contributed by atoms with Crippen LogP contribution in [-0.4, -0.2) is 36.3 Å². The van der Waals surface area contributed by atoms with Crippen LogP contribution in [0.4, 0.5) is 5.95 Å². The molecular formula is C10H15N7O2S. The van der Waals surface area contributed by atoms with Gasteiger partial charge in [-0.05, 0) is 25.1 Å². The molecular weight excluding hydrogens is 282 g/mol. The summed E-state index contributed by atoms with van der Waals surface area (Å²) in [5, 5.41) is 7.15. The summed E-state index contributed by atoms with van der Waals surface area (Å²) in [5.41, 5.74) is 5.33. The minimum atomic E-state index is -0.263. The van der Waals surface area contributed by atoms with Crippen LogP contribution in [0.1, 0.15) is 20.3 Å². The molecule has 108 valence electrons. The highest BCUT2D eigenvalue weighted by Crippen LogP contribution is 2.23. The fraction of sp³-hybridized carbons (Fsp3) is 0.500. The molecule has 2 rings (SSSR count). The molecule has 0 aliphatic heterocycles. The first kappa shape index (κ1) is 14.3. The highest BCUT2D eigenvalue weighted by Gasteiger charge is 2.13. The van der Waals surface area contributed by atoms with Crippen LogP contribution < -0.4 is 16.2 Å². The van der Waals surface area contributed by atoms with Gasteiger partial charge in [-0.2, -0.15) is 15.0 Å². The van der Waals surface area contributed by atoms with E-state index in [4.69, 9.17) is 10.5 Å². The standard InChI is InChI=1S/C10H15N7O2S/c1-3-5-17-9(18)15-16-10(17)20-8-13-6(11)12-7(14-8)19-4-2/h3-5H2,1-2H3,(H,15,18)(H2,11,12,13,14). The molecule has 0 spiro atoms. The largest absolute Gasteiger partial charge is 0.464 e. The molecule has 0 atom stereocenters. The van der Waals surface area contributed by atoms with Gasteiger partial charge in [-0.15, -0.1) is 5.10 Å². The number of anilines is 1. The van der Waals surface area contributed by atoms with Crippen LogP contribution in [-0.2, 0) is 6.54 Å². The molecule has 2 aromatic heterocycles. The monoisotopic (exact) mass is 297 g/mol. The molecule has 9 nitrogen and oxygen atoms in total. The molecule has 0 bridgehead atoms. The number of nitrogens with one attached hydrogen (secondary N) is 1. The van der Waals surface area contributed by atoms with Crippen molar-refractivity contribution in [2.75, 3.05) is 12.3 Å². The van der Waals surface area contributed by atoms with Crippen LogP contribution in [0.2, 0.25) is 0 Å². The quantitative estimate of drug-likeness (QED) is 0.780. The summed E-state index contributed by atoms with van der Waals surface area (Å²) in [5.74, 6) is 0.0610. The predicted octanol–water partition coefficient (Wildman–Crippen LogP) is 0.298. The first-order valence-electron chi connectivity index (χ1n) is 6.11. The fourth-order valence-corrected chi connectivity index (χ4v) is 2.28. The Morgan fingerprint density at radius 2 is 2.15 bits per heavy atom. The van der Waals surface area contributed by atoms with Crippen molar-refractivity contribution < 1.29 is 4.74 Å². The van der Waals surface area contributed by atoms with Gasteiger partial charge in [0, 0.05) is 6.54 Å². The topological polar surface area (TPSA) is 125 Å². The Morgan fingerprint density at radius 3 is 2.85 bits per heavy atom. The zero-order chi connectivity index (χ0) is 14.5. The molecule has 0 aromatic carbocycles. The Morgan fingerprint density at radius 1 is 1.35 bits per heavy atom. The predicted molar refractivity (Wildman–Crippen MR) is 72.7 cm³/mol. The lowest BCUT2D eigenvalue weighted by atomic mass is 10.5. The molecule has 0 saturated heterocycles. The van der Waals surface area contributed by atoms with Crippen LogP contribution >= 0.6 is 11.8 Å². The molecule has 0 saturated carbocycles. The molecule has 0 aliphatic carbocycles. The maximum atomic E-state index is 11.6. The molecule has 0 amide bonds. The van der Waals surface area contributed by atoms with E-state index in [2.05, 4.69) is 25.1 Å². The van der Waals surface area contributed by atoms with Gasteiger partial charge in [0.1, 0.15) is 0 Å². The summed E-state index contributed by atoms with van der Waals surface area (Å²) in [4.78, 5) is 23.5. The molecule has 0 fully saturated rings. The number of nitrogen functional groups attached to an aromatic ring is 1. The molecule has 2 heterocycles. The third-order valence-electron chi connectivity index (χ3n) is 2.24. The normalized spacial score (nSPS) is 10.7. The van der Waals surface area contributed by atoms with Crippen molar-refractivity contribution in [3.63, 3.8) is 0 Å². The van der Waals surface area contributed by atoms with Gasteiger partial charge in [-0.3, -0.25) is 4.57 Å². The van der Waals surface area contributed by atoms with Gasteiger partial charge >= 0.3 is 11.7 Å². The minimum absolute atomic E-state index is 0.0610. The number of aromatic nitrogens is 6. The van der Waals surface area contributed by atoms with Crippen LogP contribution in [0.15, 0.2) is 15.1 Å². The van der Waals surface area contributed by atoms with E-state index in [1.165, 1.54) is 4.57 Å². The summed E-state index contributed by atoms with van der Waals surface area (Å²) >= 11 is 1.13. The van der Waals surface area contributed by atoms with E-state index >= 15 is 0 Å². The summed E-state index contributed by atoms with van der Waals surface area (Å²) in [6, 6.07) is 0.155. The van der Waals surface area contributed by atoms with Crippen LogP contribution in [0, 0.1) is 0 Å². The van der Waals surface area contributed by atoms with Crippen LogP contribution in [0.5, 0.6) is 6.01 Å². The Bertz CT molecular complexity index is 639. The van der Waals surface area contributed by atoms with E-state index in [1.807, 2.05) is 13.8 Å². The van der Waals surface area contributed by atoms with Crippen molar-refractivity contribution >= 4 is 17.7 Å². The Labute approximate surface area is 119 Å². The van der Waals surface area contributed by atoms with E-state index in [1.54, 1.807) is 0 Å². The number of nitrogens with zero attached hydrogens (tertiary/aromatic N) is 5. The molecule has 0 unspecified atom stereocenters. The smallest absolute Gasteiger partial charge is 0.343 e. The summed E-state index contributed by atoms with van der Waals surface area (Å²) in [6.07, 6.45) is 0.816. The van der Waals surface area contributed by atoms with Gasteiger partial charge in [0.2, 0.25) is 11.1 Å². The summed E-state index contributed by atoms with van der Waals surface area (Å²) in [6.45, 7) is 4.79. The maximum Gasteiger partial charge on any atom is 0.343 e. The lowest BCUT2D eigenvalue weighted by Gasteiger charge is -2.05. The highest BCUT2D eigenvalue weighted by molar-refractivity contribution is 7.99. The van der Waals surface area contributed by atoms with Crippen molar-refractivity contribution in [1.29, 1.82) is 0 Å². The number of H-pyrrole nitrogens is 1. The van der Waals surface area contributed by atoms with E-state index in [9.17, 15) is 4.79 Å². The molecule has 3 N–H and O–H groups in total.